The van der Waals surface area contributed by atoms with E-state index in [9.17, 15) is 19.2 Å². The van der Waals surface area contributed by atoms with E-state index in [1.807, 2.05) is 0 Å². The van der Waals surface area contributed by atoms with Gasteiger partial charge in [0.1, 0.15) is 5.00 Å². The van der Waals surface area contributed by atoms with Crippen molar-refractivity contribution >= 4 is 46.3 Å². The second kappa shape index (κ2) is 13.0. The highest BCUT2D eigenvalue weighted by Gasteiger charge is 2.30. The Morgan fingerprint density at radius 1 is 1.05 bits per heavy atom. The van der Waals surface area contributed by atoms with Crippen LogP contribution >= 0.6 is 11.3 Å². The Morgan fingerprint density at radius 3 is 2.55 bits per heavy atom. The summed E-state index contributed by atoms with van der Waals surface area (Å²) in [4.78, 5) is 51.1. The largest absolute Gasteiger partial charge is 0.493 e. The SMILES string of the molecule is CCOC(=O)c1c(NC(=O)C(=O)N/N=C/c2ccc(OC(=O)c3ccccc3)c(OC)c2)sc2c1CCC(C)C2. The van der Waals surface area contributed by atoms with Crippen LogP contribution in [0, 0.1) is 5.92 Å². The van der Waals surface area contributed by atoms with Gasteiger partial charge < -0.3 is 19.5 Å². The second-order valence-corrected chi connectivity index (χ2v) is 10.2. The van der Waals surface area contributed by atoms with Gasteiger partial charge in [0.05, 0.1) is 31.1 Å². The number of carbonyl (C=O) groups excluding carboxylic acids is 4. The van der Waals surface area contributed by atoms with E-state index in [-0.39, 0.29) is 18.1 Å². The molecule has 40 heavy (non-hydrogen) atoms. The Hall–Kier alpha value is -4.51. The van der Waals surface area contributed by atoms with E-state index >= 15 is 0 Å². The van der Waals surface area contributed by atoms with Crippen LogP contribution < -0.4 is 20.2 Å². The fraction of sp³-hybridized carbons (Fsp3) is 0.276. The highest BCUT2D eigenvalue weighted by atomic mass is 32.1. The lowest BCUT2D eigenvalue weighted by molar-refractivity contribution is -0.136. The first-order valence-electron chi connectivity index (χ1n) is 12.7. The van der Waals surface area contributed by atoms with Gasteiger partial charge in [0.25, 0.3) is 0 Å². The first-order valence-corrected chi connectivity index (χ1v) is 13.5. The monoisotopic (exact) mass is 563 g/mol. The van der Waals surface area contributed by atoms with E-state index in [1.54, 1.807) is 49.4 Å². The molecular weight excluding hydrogens is 534 g/mol. The molecule has 0 spiro atoms. The molecule has 2 amide bonds. The van der Waals surface area contributed by atoms with Crippen molar-refractivity contribution in [2.45, 2.75) is 33.1 Å². The van der Waals surface area contributed by atoms with Gasteiger partial charge in [0.2, 0.25) is 0 Å². The number of amides is 2. The molecule has 3 aromatic rings. The van der Waals surface area contributed by atoms with Gasteiger partial charge in [-0.05, 0) is 73.6 Å². The Morgan fingerprint density at radius 2 is 1.82 bits per heavy atom. The van der Waals surface area contributed by atoms with E-state index in [0.717, 1.165) is 23.3 Å². The van der Waals surface area contributed by atoms with Gasteiger partial charge in [-0.3, -0.25) is 9.59 Å². The van der Waals surface area contributed by atoms with Crippen molar-refractivity contribution in [1.82, 2.24) is 5.43 Å². The molecule has 0 fully saturated rings. The lowest BCUT2D eigenvalue weighted by Gasteiger charge is -2.18. The summed E-state index contributed by atoms with van der Waals surface area (Å²) < 4.78 is 15.9. The zero-order valence-corrected chi connectivity index (χ0v) is 23.1. The number of benzene rings is 2. The standard InChI is InChI=1S/C29H29N3O7S/c1-4-38-29(36)24-20-12-10-17(2)14-23(20)40-27(24)31-25(33)26(34)32-30-16-18-11-13-21(22(15-18)37-3)39-28(35)19-8-6-5-7-9-19/h5-9,11,13,15-17H,4,10,12,14H2,1-3H3,(H,31,33)(H,32,34)/b30-16+. The molecule has 0 saturated heterocycles. The number of fused-ring (bicyclic) bond motifs is 1. The Kier molecular flexibility index (Phi) is 9.28. The van der Waals surface area contributed by atoms with Crippen LogP contribution in [-0.2, 0) is 27.2 Å². The van der Waals surface area contributed by atoms with Gasteiger partial charge >= 0.3 is 23.8 Å². The number of hydrazone groups is 1. The van der Waals surface area contributed by atoms with Gasteiger partial charge in [-0.1, -0.05) is 25.1 Å². The van der Waals surface area contributed by atoms with E-state index in [2.05, 4.69) is 22.8 Å². The fourth-order valence-electron chi connectivity index (χ4n) is 4.22. The maximum Gasteiger partial charge on any atom is 0.343 e. The highest BCUT2D eigenvalue weighted by molar-refractivity contribution is 7.17. The smallest absolute Gasteiger partial charge is 0.343 e. The lowest BCUT2D eigenvalue weighted by Crippen LogP contribution is -2.32. The molecule has 0 radical (unpaired) electrons. The molecule has 4 rings (SSSR count). The number of ether oxygens (including phenoxy) is 3. The fourth-order valence-corrected chi connectivity index (χ4v) is 5.61. The molecule has 10 nitrogen and oxygen atoms in total. The van der Waals surface area contributed by atoms with Gasteiger partial charge in [-0.2, -0.15) is 5.10 Å². The third kappa shape index (κ3) is 6.73. The van der Waals surface area contributed by atoms with Crippen LogP contribution in [0.3, 0.4) is 0 Å². The number of nitrogens with zero attached hydrogens (tertiary/aromatic N) is 1. The van der Waals surface area contributed by atoms with Crippen molar-refractivity contribution in [3.8, 4) is 11.5 Å². The lowest BCUT2D eigenvalue weighted by atomic mass is 9.88. The van der Waals surface area contributed by atoms with E-state index in [4.69, 9.17) is 14.2 Å². The number of methoxy groups -OCH3 is 1. The van der Waals surface area contributed by atoms with E-state index in [1.165, 1.54) is 30.7 Å². The maximum absolute atomic E-state index is 12.6. The topological polar surface area (TPSA) is 132 Å². The predicted molar refractivity (Wildman–Crippen MR) is 150 cm³/mol. The molecule has 208 valence electrons. The summed E-state index contributed by atoms with van der Waals surface area (Å²) in [6.07, 6.45) is 3.75. The van der Waals surface area contributed by atoms with Gasteiger partial charge in [-0.25, -0.2) is 15.0 Å². The van der Waals surface area contributed by atoms with Crippen LogP contribution in [0.4, 0.5) is 5.00 Å². The number of esters is 2. The van der Waals surface area contributed by atoms with Crippen molar-refractivity contribution in [3.05, 3.63) is 75.7 Å². The Labute approximate surface area is 235 Å². The first-order chi connectivity index (χ1) is 19.3. The number of hydrogen-bond acceptors (Lipinski definition) is 9. The minimum absolute atomic E-state index is 0.198. The summed E-state index contributed by atoms with van der Waals surface area (Å²) in [5.41, 5.74) is 4.28. The van der Waals surface area contributed by atoms with Crippen molar-refractivity contribution in [1.29, 1.82) is 0 Å². The van der Waals surface area contributed by atoms with Gasteiger partial charge in [-0.15, -0.1) is 11.3 Å². The molecule has 1 aliphatic carbocycles. The maximum atomic E-state index is 12.6. The summed E-state index contributed by atoms with van der Waals surface area (Å²) in [6, 6.07) is 13.2. The minimum Gasteiger partial charge on any atom is -0.493 e. The molecule has 1 heterocycles. The number of thiophene rings is 1. The van der Waals surface area contributed by atoms with Gasteiger partial charge in [0, 0.05) is 4.88 Å². The summed E-state index contributed by atoms with van der Waals surface area (Å²) in [6.45, 7) is 4.05. The third-order valence-corrected chi connectivity index (χ3v) is 7.37. The van der Waals surface area contributed by atoms with Gasteiger partial charge in [0.15, 0.2) is 11.5 Å². The molecule has 2 aromatic carbocycles. The van der Waals surface area contributed by atoms with Crippen LogP contribution in [0.25, 0.3) is 0 Å². The number of carbonyl (C=O) groups is 4. The Balaban J connectivity index is 1.40. The molecule has 1 atom stereocenters. The molecule has 0 saturated carbocycles. The molecular formula is C29H29N3O7S. The van der Waals surface area contributed by atoms with Crippen molar-refractivity contribution < 1.29 is 33.4 Å². The zero-order valence-electron chi connectivity index (χ0n) is 22.3. The average molecular weight is 564 g/mol. The average Bonchev–Trinajstić information content (AvgIpc) is 3.30. The van der Waals surface area contributed by atoms with Crippen molar-refractivity contribution in [2.24, 2.45) is 11.0 Å². The normalized spacial score (nSPS) is 14.2. The second-order valence-electron chi connectivity index (χ2n) is 9.10. The molecule has 2 N–H and O–H groups in total. The zero-order chi connectivity index (χ0) is 28.6. The van der Waals surface area contributed by atoms with E-state index in [0.29, 0.717) is 34.0 Å². The minimum atomic E-state index is -1.01. The summed E-state index contributed by atoms with van der Waals surface area (Å²) in [5, 5.41) is 6.69. The molecule has 1 unspecified atom stereocenters. The molecule has 1 aliphatic rings. The van der Waals surface area contributed by atoms with Crippen molar-refractivity contribution in [3.63, 3.8) is 0 Å². The van der Waals surface area contributed by atoms with Crippen LogP contribution in [0.2, 0.25) is 0 Å². The molecule has 0 bridgehead atoms. The quantitative estimate of drug-likeness (QED) is 0.137. The Bertz CT molecular complexity index is 1450. The molecule has 11 heteroatoms. The summed E-state index contributed by atoms with van der Waals surface area (Å²) in [7, 11) is 1.43. The van der Waals surface area contributed by atoms with Crippen LogP contribution in [0.1, 0.15) is 57.0 Å². The number of hydrogen-bond donors (Lipinski definition) is 2. The third-order valence-electron chi connectivity index (χ3n) is 6.20. The van der Waals surface area contributed by atoms with Crippen LogP contribution in [0.5, 0.6) is 11.5 Å². The van der Waals surface area contributed by atoms with Crippen LogP contribution in [-0.4, -0.2) is 43.7 Å². The van der Waals surface area contributed by atoms with E-state index < -0.39 is 23.8 Å². The molecule has 0 aliphatic heterocycles. The molecule has 1 aromatic heterocycles. The predicted octanol–water partition coefficient (Wildman–Crippen LogP) is 4.37. The van der Waals surface area contributed by atoms with Crippen LogP contribution in [0.15, 0.2) is 53.6 Å². The number of anilines is 1. The number of nitrogens with one attached hydrogen (secondary N) is 2. The highest BCUT2D eigenvalue weighted by Crippen LogP contribution is 2.40. The first kappa shape index (κ1) is 28.5. The van der Waals surface area contributed by atoms with Crippen molar-refractivity contribution in [2.75, 3.05) is 19.0 Å². The summed E-state index contributed by atoms with van der Waals surface area (Å²) in [5.74, 6) is -2.07. The number of rotatable bonds is 8. The summed E-state index contributed by atoms with van der Waals surface area (Å²) >= 11 is 1.29.